The molecule has 0 unspecified atom stereocenters. The predicted molar refractivity (Wildman–Crippen MR) is 65.9 cm³/mol. The number of rotatable bonds is 3. The summed E-state index contributed by atoms with van der Waals surface area (Å²) in [6.45, 7) is 1.82. The lowest BCUT2D eigenvalue weighted by Gasteiger charge is -1.89. The normalized spacial score (nSPS) is 15.1. The van der Waals surface area contributed by atoms with Crippen LogP contribution in [0.4, 0.5) is 0 Å². The molecule has 1 rings (SSSR count). The van der Waals surface area contributed by atoms with E-state index >= 15 is 0 Å². The first-order chi connectivity index (χ1) is 6.16. The Morgan fingerprint density at radius 3 is 2.46 bits per heavy atom. The summed E-state index contributed by atoms with van der Waals surface area (Å²) in [5.74, 6) is 2.08. The van der Waals surface area contributed by atoms with Gasteiger partial charge in [-0.25, -0.2) is 0 Å². The molecule has 0 saturated carbocycles. The van der Waals surface area contributed by atoms with Gasteiger partial charge in [0.25, 0.3) is 0 Å². The molecule has 0 spiro atoms. The fourth-order valence-electron chi connectivity index (χ4n) is 0.844. The molecule has 4 heteroatoms. The minimum atomic E-state index is 0.758. The molecule has 1 saturated heterocycles. The van der Waals surface area contributed by atoms with Crippen molar-refractivity contribution < 1.29 is 0 Å². The van der Waals surface area contributed by atoms with Gasteiger partial charge in [-0.2, -0.15) is 12.6 Å². The number of thiol groups is 1. The van der Waals surface area contributed by atoms with Crippen molar-refractivity contribution in [3.8, 4) is 0 Å². The van der Waals surface area contributed by atoms with E-state index in [4.69, 9.17) is 10.8 Å². The first-order valence-electron chi connectivity index (χ1n) is 4.52. The van der Waals surface area contributed by atoms with Crippen LogP contribution < -0.4 is 0 Å². The van der Waals surface area contributed by atoms with Gasteiger partial charge in [-0.05, 0) is 44.1 Å². The second-order valence-electron chi connectivity index (χ2n) is 2.98. The summed E-state index contributed by atoms with van der Waals surface area (Å²) in [6.07, 6.45) is 4.20. The summed E-state index contributed by atoms with van der Waals surface area (Å²) in [5, 5.41) is 14.8. The van der Waals surface area contributed by atoms with Crippen molar-refractivity contribution >= 4 is 35.1 Å². The third-order valence-electron chi connectivity index (χ3n) is 1.53. The average Bonchev–Trinajstić information content (AvgIpc) is 2.53. The van der Waals surface area contributed by atoms with Crippen molar-refractivity contribution in [3.05, 3.63) is 0 Å². The zero-order valence-corrected chi connectivity index (χ0v) is 9.81. The lowest BCUT2D eigenvalue weighted by Crippen LogP contribution is -1.87. The zero-order valence-electron chi connectivity index (χ0n) is 8.10. The summed E-state index contributed by atoms with van der Waals surface area (Å²) in [6, 6.07) is 0. The summed E-state index contributed by atoms with van der Waals surface area (Å²) in [4.78, 5) is 0. The van der Waals surface area contributed by atoms with E-state index in [2.05, 4.69) is 12.6 Å². The highest BCUT2D eigenvalue weighted by molar-refractivity contribution is 8.14. The summed E-state index contributed by atoms with van der Waals surface area (Å²) in [5.41, 5.74) is 0.758. The van der Waals surface area contributed by atoms with E-state index in [9.17, 15) is 0 Å². The summed E-state index contributed by atoms with van der Waals surface area (Å²) < 4.78 is 0. The molecule has 0 aromatic rings. The smallest absolute Gasteiger partial charge is 0.0641 e. The second kappa shape index (κ2) is 8.63. The molecule has 1 aliphatic heterocycles. The van der Waals surface area contributed by atoms with Crippen LogP contribution in [0.1, 0.15) is 32.6 Å². The van der Waals surface area contributed by atoms with Gasteiger partial charge in [-0.15, -0.1) is 11.8 Å². The Morgan fingerprint density at radius 2 is 2.31 bits per heavy atom. The first-order valence-corrected chi connectivity index (χ1v) is 6.13. The number of hydrogen-bond acceptors (Lipinski definition) is 4. The van der Waals surface area contributed by atoms with E-state index in [0.29, 0.717) is 0 Å². The molecular weight excluding hydrogens is 200 g/mol. The molecule has 0 aliphatic carbocycles. The highest BCUT2D eigenvalue weighted by Gasteiger charge is 2.04. The molecule has 0 bridgehead atoms. The van der Waals surface area contributed by atoms with E-state index < -0.39 is 0 Å². The molecule has 1 fully saturated rings. The van der Waals surface area contributed by atoms with Crippen molar-refractivity contribution in [1.82, 2.24) is 0 Å². The van der Waals surface area contributed by atoms with Gasteiger partial charge in [-0.1, -0.05) is 0 Å². The molecule has 1 aliphatic rings. The quantitative estimate of drug-likeness (QED) is 0.494. The van der Waals surface area contributed by atoms with Gasteiger partial charge in [0.15, 0.2) is 0 Å². The Morgan fingerprint density at radius 1 is 1.62 bits per heavy atom. The van der Waals surface area contributed by atoms with Crippen LogP contribution in [0.5, 0.6) is 0 Å². The Labute approximate surface area is 90.3 Å². The largest absolute Gasteiger partial charge is 0.310 e. The van der Waals surface area contributed by atoms with Gasteiger partial charge >= 0.3 is 0 Å². The maximum atomic E-state index is 7.01. The van der Waals surface area contributed by atoms with Crippen molar-refractivity contribution in [1.29, 1.82) is 10.8 Å². The van der Waals surface area contributed by atoms with E-state index in [1.54, 1.807) is 11.8 Å². The van der Waals surface area contributed by atoms with Crippen LogP contribution in [0, 0.1) is 10.8 Å². The van der Waals surface area contributed by atoms with Gasteiger partial charge < -0.3 is 5.41 Å². The SMILES string of the molecule is CC(=N)CCCS.N=C1CCCS1. The molecule has 1 heterocycles. The lowest BCUT2D eigenvalue weighted by molar-refractivity contribution is 0.998. The third-order valence-corrected chi connectivity index (χ3v) is 2.90. The zero-order chi connectivity index (χ0) is 10.1. The molecule has 2 nitrogen and oxygen atoms in total. The maximum Gasteiger partial charge on any atom is 0.0641 e. The van der Waals surface area contributed by atoms with E-state index in [1.807, 2.05) is 6.92 Å². The highest BCUT2D eigenvalue weighted by atomic mass is 32.2. The lowest BCUT2D eigenvalue weighted by atomic mass is 10.2. The van der Waals surface area contributed by atoms with Crippen LogP contribution in [-0.4, -0.2) is 22.3 Å². The first kappa shape index (κ1) is 13.0. The predicted octanol–water partition coefficient (Wildman–Crippen LogP) is 3.23. The van der Waals surface area contributed by atoms with Crippen LogP contribution in [0.2, 0.25) is 0 Å². The van der Waals surface area contributed by atoms with Crippen LogP contribution in [0.3, 0.4) is 0 Å². The van der Waals surface area contributed by atoms with Gasteiger partial charge in [0.05, 0.1) is 5.04 Å². The topological polar surface area (TPSA) is 47.7 Å². The van der Waals surface area contributed by atoms with Crippen LogP contribution in [0.25, 0.3) is 0 Å². The van der Waals surface area contributed by atoms with Gasteiger partial charge in [0, 0.05) is 5.71 Å². The third kappa shape index (κ3) is 9.96. The van der Waals surface area contributed by atoms with Crippen molar-refractivity contribution in [3.63, 3.8) is 0 Å². The molecule has 0 aromatic heterocycles. The maximum absolute atomic E-state index is 7.01. The Hall–Kier alpha value is 0.0400. The summed E-state index contributed by atoms with van der Waals surface area (Å²) >= 11 is 5.68. The average molecular weight is 218 g/mol. The minimum absolute atomic E-state index is 0.758. The van der Waals surface area contributed by atoms with E-state index in [-0.39, 0.29) is 0 Å². The highest BCUT2D eigenvalue weighted by Crippen LogP contribution is 2.17. The fraction of sp³-hybridized carbons (Fsp3) is 0.778. The molecule has 13 heavy (non-hydrogen) atoms. The second-order valence-corrected chi connectivity index (χ2v) is 4.62. The van der Waals surface area contributed by atoms with Crippen molar-refractivity contribution in [2.75, 3.05) is 11.5 Å². The van der Waals surface area contributed by atoms with Gasteiger partial charge in [-0.3, -0.25) is 5.41 Å². The Kier molecular flexibility index (Phi) is 8.66. The summed E-state index contributed by atoms with van der Waals surface area (Å²) in [7, 11) is 0. The standard InChI is InChI=1S/C5H11NS.C4H7NS/c1-5(6)3-2-4-7;5-4-2-1-3-6-4/h6-7H,2-4H2,1H3;5H,1-3H2. The molecule has 0 amide bonds. The molecule has 0 radical (unpaired) electrons. The Bertz CT molecular complexity index is 161. The molecular formula is C9H18N2S2. The van der Waals surface area contributed by atoms with Crippen LogP contribution in [-0.2, 0) is 0 Å². The molecule has 0 atom stereocenters. The fourth-order valence-corrected chi connectivity index (χ4v) is 1.83. The van der Waals surface area contributed by atoms with E-state index in [0.717, 1.165) is 35.8 Å². The van der Waals surface area contributed by atoms with Gasteiger partial charge in [0.1, 0.15) is 0 Å². The van der Waals surface area contributed by atoms with Crippen LogP contribution >= 0.6 is 24.4 Å². The molecule has 76 valence electrons. The van der Waals surface area contributed by atoms with Crippen LogP contribution in [0.15, 0.2) is 0 Å². The Balaban J connectivity index is 0.000000223. The van der Waals surface area contributed by atoms with E-state index in [1.165, 1.54) is 12.2 Å². The molecule has 0 aromatic carbocycles. The number of hydrogen-bond donors (Lipinski definition) is 3. The minimum Gasteiger partial charge on any atom is -0.310 e. The number of thioether (sulfide) groups is 1. The number of nitrogens with one attached hydrogen (secondary N) is 2. The molecule has 2 N–H and O–H groups in total. The van der Waals surface area contributed by atoms with Gasteiger partial charge in [0.2, 0.25) is 0 Å². The van der Waals surface area contributed by atoms with Crippen molar-refractivity contribution in [2.24, 2.45) is 0 Å². The van der Waals surface area contributed by atoms with Crippen molar-refractivity contribution in [2.45, 2.75) is 32.6 Å². The monoisotopic (exact) mass is 218 g/mol.